The van der Waals surface area contributed by atoms with E-state index in [4.69, 9.17) is 9.47 Å². The predicted octanol–water partition coefficient (Wildman–Crippen LogP) is -0.0514. The first-order valence-corrected chi connectivity index (χ1v) is 7.27. The Balaban J connectivity index is 2.18. The van der Waals surface area contributed by atoms with Crippen LogP contribution in [0.2, 0.25) is 0 Å². The first-order valence-electron chi connectivity index (χ1n) is 7.27. The molecule has 0 aromatic carbocycles. The summed E-state index contributed by atoms with van der Waals surface area (Å²) in [4.78, 5) is 10.3. The van der Waals surface area contributed by atoms with Crippen molar-refractivity contribution < 1.29 is 29.6 Å². The van der Waals surface area contributed by atoms with E-state index < -0.39 is 24.5 Å². The Kier molecular flexibility index (Phi) is 7.43. The van der Waals surface area contributed by atoms with Gasteiger partial charge in [0.25, 0.3) is 0 Å². The average molecular weight is 289 g/mol. The number of carbonyl (C=O) groups excluding carboxylic acids is 1. The van der Waals surface area contributed by atoms with Crippen LogP contribution in [-0.4, -0.2) is 46.9 Å². The monoisotopic (exact) mass is 289 g/mol. The Morgan fingerprint density at radius 2 is 2.05 bits per heavy atom. The van der Waals surface area contributed by atoms with Crippen LogP contribution in [0, 0.1) is 0 Å². The summed E-state index contributed by atoms with van der Waals surface area (Å²) in [6, 6.07) is 0. The number of carboxylic acid groups (broad SMARTS) is 1. The zero-order chi connectivity index (χ0) is 15.1. The minimum atomic E-state index is -1.01. The van der Waals surface area contributed by atoms with Gasteiger partial charge in [-0.05, 0) is 33.1 Å². The molecule has 0 saturated carbocycles. The number of aliphatic hydroxyl groups excluding tert-OH is 2. The van der Waals surface area contributed by atoms with Gasteiger partial charge in [-0.1, -0.05) is 12.8 Å². The molecule has 0 aromatic heterocycles. The van der Waals surface area contributed by atoms with Crippen LogP contribution in [0.3, 0.4) is 0 Å². The smallest absolute Gasteiger partial charge is 0.184 e. The van der Waals surface area contributed by atoms with Crippen molar-refractivity contribution in [1.29, 1.82) is 0 Å². The highest BCUT2D eigenvalue weighted by Gasteiger charge is 2.35. The lowest BCUT2D eigenvalue weighted by Crippen LogP contribution is -2.48. The third-order valence-electron chi connectivity index (χ3n) is 3.55. The standard InChI is InChI=1S/C14H26O6/c1-9(6-4-3-5-7-13(17)18)19-14-12(16)8-11(15)10(2)20-14/h9-12,14-16H,3-8H2,1-2H3,(H,17,18)/p-1/t9-,10+,11-,12-,14-/m1/s1. The van der Waals surface area contributed by atoms with Gasteiger partial charge in [0, 0.05) is 12.4 Å². The van der Waals surface area contributed by atoms with E-state index in [9.17, 15) is 20.1 Å². The molecular formula is C14H25O6-. The Bertz CT molecular complexity index is 295. The fraction of sp³-hybridized carbons (Fsp3) is 0.929. The summed E-state index contributed by atoms with van der Waals surface area (Å²) in [6.07, 6.45) is 0.786. The molecule has 0 amide bonds. The summed E-state index contributed by atoms with van der Waals surface area (Å²) in [5, 5.41) is 29.6. The summed E-state index contributed by atoms with van der Waals surface area (Å²) >= 11 is 0. The Labute approximate surface area is 119 Å². The Hall–Kier alpha value is -0.690. The normalized spacial score (nSPS) is 32.0. The lowest BCUT2D eigenvalue weighted by Gasteiger charge is -2.36. The lowest BCUT2D eigenvalue weighted by molar-refractivity contribution is -0.305. The van der Waals surface area contributed by atoms with Gasteiger partial charge >= 0.3 is 0 Å². The number of carbonyl (C=O) groups is 1. The third kappa shape index (κ3) is 6.17. The van der Waals surface area contributed by atoms with E-state index in [1.807, 2.05) is 6.92 Å². The SMILES string of the molecule is C[C@H](CCCCCC(=O)[O-])O[C@@H]1O[C@@H](C)[C@H](O)C[C@H]1O. The molecule has 6 nitrogen and oxygen atoms in total. The molecule has 1 heterocycles. The van der Waals surface area contributed by atoms with Crippen LogP contribution in [0.4, 0.5) is 0 Å². The molecule has 118 valence electrons. The first kappa shape index (κ1) is 17.4. The van der Waals surface area contributed by atoms with Crippen molar-refractivity contribution in [3.8, 4) is 0 Å². The second-order valence-corrected chi connectivity index (χ2v) is 5.50. The van der Waals surface area contributed by atoms with Gasteiger partial charge in [-0.15, -0.1) is 0 Å². The summed E-state index contributed by atoms with van der Waals surface area (Å²) in [5.74, 6) is -1.01. The minimum absolute atomic E-state index is 0.0833. The number of unbranched alkanes of at least 4 members (excludes halogenated alkanes) is 2. The molecule has 0 spiro atoms. The molecule has 5 atom stereocenters. The maximum absolute atomic E-state index is 10.3. The molecule has 0 radical (unpaired) electrons. The number of rotatable bonds is 8. The quantitative estimate of drug-likeness (QED) is 0.608. The van der Waals surface area contributed by atoms with Crippen LogP contribution in [0.15, 0.2) is 0 Å². The molecule has 1 saturated heterocycles. The van der Waals surface area contributed by atoms with Crippen LogP contribution in [0.5, 0.6) is 0 Å². The van der Waals surface area contributed by atoms with Gasteiger partial charge in [-0.25, -0.2) is 0 Å². The Morgan fingerprint density at radius 3 is 2.70 bits per heavy atom. The minimum Gasteiger partial charge on any atom is -0.550 e. The highest BCUT2D eigenvalue weighted by molar-refractivity contribution is 5.63. The molecule has 1 aliphatic rings. The van der Waals surface area contributed by atoms with Gasteiger partial charge in [-0.2, -0.15) is 0 Å². The molecule has 1 rings (SSSR count). The maximum Gasteiger partial charge on any atom is 0.184 e. The van der Waals surface area contributed by atoms with Crippen molar-refractivity contribution in [3.05, 3.63) is 0 Å². The fourth-order valence-corrected chi connectivity index (χ4v) is 2.24. The second-order valence-electron chi connectivity index (χ2n) is 5.50. The molecule has 6 heteroatoms. The fourth-order valence-electron chi connectivity index (χ4n) is 2.24. The van der Waals surface area contributed by atoms with Crippen molar-refractivity contribution in [2.45, 2.75) is 83.1 Å². The summed E-state index contributed by atoms with van der Waals surface area (Å²) in [7, 11) is 0. The molecule has 0 unspecified atom stereocenters. The molecule has 1 aliphatic heterocycles. The number of aliphatic hydroxyl groups is 2. The van der Waals surface area contributed by atoms with Gasteiger partial charge in [0.2, 0.25) is 0 Å². The number of aliphatic carboxylic acids is 1. The van der Waals surface area contributed by atoms with Gasteiger partial charge in [0.1, 0.15) is 6.10 Å². The van der Waals surface area contributed by atoms with E-state index in [1.165, 1.54) is 0 Å². The number of carboxylic acids is 1. The maximum atomic E-state index is 10.3. The van der Waals surface area contributed by atoms with Crippen LogP contribution in [0.25, 0.3) is 0 Å². The van der Waals surface area contributed by atoms with Crippen molar-refractivity contribution in [2.75, 3.05) is 0 Å². The molecular weight excluding hydrogens is 264 g/mol. The number of ether oxygens (including phenoxy) is 2. The van der Waals surface area contributed by atoms with E-state index in [-0.39, 0.29) is 25.0 Å². The Morgan fingerprint density at radius 1 is 1.35 bits per heavy atom. The molecule has 0 bridgehead atoms. The van der Waals surface area contributed by atoms with E-state index in [2.05, 4.69) is 0 Å². The second kappa shape index (κ2) is 8.56. The van der Waals surface area contributed by atoms with Crippen LogP contribution < -0.4 is 5.11 Å². The summed E-state index contributed by atoms with van der Waals surface area (Å²) < 4.78 is 11.1. The number of hydrogen-bond acceptors (Lipinski definition) is 6. The van der Waals surface area contributed by atoms with Crippen LogP contribution in [0.1, 0.15) is 52.4 Å². The molecule has 2 N–H and O–H groups in total. The predicted molar refractivity (Wildman–Crippen MR) is 69.6 cm³/mol. The number of hydrogen-bond donors (Lipinski definition) is 2. The van der Waals surface area contributed by atoms with Crippen LogP contribution >= 0.6 is 0 Å². The zero-order valence-corrected chi connectivity index (χ0v) is 12.2. The first-order chi connectivity index (χ1) is 9.40. The lowest BCUT2D eigenvalue weighted by atomic mass is 10.0. The largest absolute Gasteiger partial charge is 0.550 e. The van der Waals surface area contributed by atoms with Crippen molar-refractivity contribution in [3.63, 3.8) is 0 Å². The highest BCUT2D eigenvalue weighted by atomic mass is 16.7. The molecule has 20 heavy (non-hydrogen) atoms. The van der Waals surface area contributed by atoms with Gasteiger partial charge in [0.15, 0.2) is 6.29 Å². The van der Waals surface area contributed by atoms with E-state index in [1.54, 1.807) is 6.92 Å². The summed E-state index contributed by atoms with van der Waals surface area (Å²) in [6.45, 7) is 3.64. The molecule has 1 fully saturated rings. The van der Waals surface area contributed by atoms with E-state index in [0.29, 0.717) is 6.42 Å². The molecule has 0 aromatic rings. The molecule has 0 aliphatic carbocycles. The van der Waals surface area contributed by atoms with Crippen LogP contribution in [-0.2, 0) is 14.3 Å². The van der Waals surface area contributed by atoms with Gasteiger partial charge in [-0.3, -0.25) is 0 Å². The van der Waals surface area contributed by atoms with Crippen molar-refractivity contribution in [1.82, 2.24) is 0 Å². The van der Waals surface area contributed by atoms with E-state index >= 15 is 0 Å². The van der Waals surface area contributed by atoms with Crippen molar-refractivity contribution in [2.24, 2.45) is 0 Å². The highest BCUT2D eigenvalue weighted by Crippen LogP contribution is 2.23. The van der Waals surface area contributed by atoms with E-state index in [0.717, 1.165) is 19.3 Å². The van der Waals surface area contributed by atoms with Gasteiger partial charge < -0.3 is 29.6 Å². The summed E-state index contributed by atoms with van der Waals surface area (Å²) in [5.41, 5.74) is 0. The topological polar surface area (TPSA) is 99.1 Å². The average Bonchev–Trinajstić information content (AvgIpc) is 2.35. The third-order valence-corrected chi connectivity index (χ3v) is 3.55. The van der Waals surface area contributed by atoms with Crippen molar-refractivity contribution >= 4 is 5.97 Å². The zero-order valence-electron chi connectivity index (χ0n) is 12.2. The van der Waals surface area contributed by atoms with Gasteiger partial charge in [0.05, 0.1) is 18.3 Å².